The van der Waals surface area contributed by atoms with Crippen LogP contribution >= 0.6 is 0 Å². The van der Waals surface area contributed by atoms with Crippen molar-refractivity contribution in [2.75, 3.05) is 13.2 Å². The number of nitrogens with two attached hydrogens (primary N) is 1. The molecule has 2 aliphatic heterocycles. The summed E-state index contributed by atoms with van der Waals surface area (Å²) in [5.41, 5.74) is 8.56. The van der Waals surface area contributed by atoms with E-state index in [1.807, 2.05) is 30.2 Å². The lowest BCUT2D eigenvalue weighted by Crippen LogP contribution is -2.47. The normalized spacial score (nSPS) is 25.9. The molecule has 3 fully saturated rings. The summed E-state index contributed by atoms with van der Waals surface area (Å²) in [6, 6.07) is 8.85. The SMILES string of the molecule is CC(C)[Si](CCCC1CCCCCCCCCC1)(OC[C@H]1ON(Cc2cccc(C#CCN)c2)[C@H]2C(=O)O[C@H](C)[C@@H]12)C(C)C. The van der Waals surface area contributed by atoms with Gasteiger partial charge in [0.1, 0.15) is 18.2 Å². The Morgan fingerprint density at radius 1 is 1.02 bits per heavy atom. The third-order valence-electron chi connectivity index (χ3n) is 10.7. The Hall–Kier alpha value is -1.69. The predicted molar refractivity (Wildman–Crippen MR) is 181 cm³/mol. The van der Waals surface area contributed by atoms with Crippen molar-refractivity contribution >= 4 is 14.3 Å². The summed E-state index contributed by atoms with van der Waals surface area (Å²) in [6.45, 7) is 12.8. The molecule has 6 nitrogen and oxygen atoms in total. The third kappa shape index (κ3) is 9.19. The largest absolute Gasteiger partial charge is 0.461 e. The van der Waals surface area contributed by atoms with Gasteiger partial charge >= 0.3 is 5.97 Å². The molecule has 2 N–H and O–H groups in total. The molecule has 1 saturated carbocycles. The Morgan fingerprint density at radius 2 is 1.68 bits per heavy atom. The molecule has 1 aliphatic carbocycles. The van der Waals surface area contributed by atoms with Crippen molar-refractivity contribution in [2.45, 2.75) is 154 Å². The molecule has 44 heavy (non-hydrogen) atoms. The van der Waals surface area contributed by atoms with E-state index < -0.39 is 14.4 Å². The number of hydroxylamine groups is 2. The lowest BCUT2D eigenvalue weighted by atomic mass is 9.91. The van der Waals surface area contributed by atoms with Crippen molar-refractivity contribution in [3.63, 3.8) is 0 Å². The minimum absolute atomic E-state index is 0.0410. The predicted octanol–water partition coefficient (Wildman–Crippen LogP) is 8.14. The van der Waals surface area contributed by atoms with Gasteiger partial charge in [-0.15, -0.1) is 0 Å². The highest BCUT2D eigenvalue weighted by atomic mass is 28.4. The van der Waals surface area contributed by atoms with Crippen molar-refractivity contribution in [3.8, 4) is 11.8 Å². The molecule has 0 radical (unpaired) electrons. The number of hydrogen-bond donors (Lipinski definition) is 1. The highest BCUT2D eigenvalue weighted by Gasteiger charge is 2.57. The molecule has 0 aromatic heterocycles. The smallest absolute Gasteiger partial charge is 0.326 e. The summed E-state index contributed by atoms with van der Waals surface area (Å²) in [5, 5.41) is 1.84. The molecule has 4 atom stereocenters. The summed E-state index contributed by atoms with van der Waals surface area (Å²) in [4.78, 5) is 19.6. The van der Waals surface area contributed by atoms with Crippen LogP contribution in [0.4, 0.5) is 0 Å². The lowest BCUT2D eigenvalue weighted by Gasteiger charge is -2.40. The van der Waals surface area contributed by atoms with E-state index in [4.69, 9.17) is 19.7 Å². The average molecular weight is 625 g/mol. The van der Waals surface area contributed by atoms with E-state index in [0.717, 1.165) is 17.0 Å². The van der Waals surface area contributed by atoms with Crippen molar-refractivity contribution in [3.05, 3.63) is 35.4 Å². The summed E-state index contributed by atoms with van der Waals surface area (Å²) >= 11 is 0. The summed E-state index contributed by atoms with van der Waals surface area (Å²) in [5.74, 6) is 6.67. The molecule has 1 aromatic carbocycles. The van der Waals surface area contributed by atoms with Crippen LogP contribution in [0.5, 0.6) is 0 Å². The van der Waals surface area contributed by atoms with Gasteiger partial charge in [-0.1, -0.05) is 129 Å². The molecule has 2 saturated heterocycles. The lowest BCUT2D eigenvalue weighted by molar-refractivity contribution is -0.195. The quantitative estimate of drug-likeness (QED) is 0.152. The number of carbonyl (C=O) groups is 1. The number of ether oxygens (including phenoxy) is 1. The number of benzene rings is 1. The molecule has 0 unspecified atom stereocenters. The second-order valence-electron chi connectivity index (χ2n) is 14.3. The Kier molecular flexibility index (Phi) is 13.8. The fourth-order valence-corrected chi connectivity index (χ4v) is 12.7. The van der Waals surface area contributed by atoms with E-state index in [1.54, 1.807) is 0 Å². The third-order valence-corrected chi connectivity index (χ3v) is 16.4. The molecule has 246 valence electrons. The zero-order chi connectivity index (χ0) is 31.5. The number of carbonyl (C=O) groups excluding carboxylic acids is 1. The minimum atomic E-state index is -2.10. The topological polar surface area (TPSA) is 74.0 Å². The van der Waals surface area contributed by atoms with E-state index in [2.05, 4.69) is 45.6 Å². The van der Waals surface area contributed by atoms with E-state index in [-0.39, 0.29) is 24.1 Å². The molecule has 7 heteroatoms. The van der Waals surface area contributed by atoms with Gasteiger partial charge in [0.2, 0.25) is 0 Å². The van der Waals surface area contributed by atoms with Crippen molar-refractivity contribution in [1.29, 1.82) is 0 Å². The number of esters is 1. The Labute approximate surface area is 269 Å². The highest BCUT2D eigenvalue weighted by Crippen LogP contribution is 2.43. The second-order valence-corrected chi connectivity index (χ2v) is 19.3. The Balaban J connectivity index is 1.41. The number of nitrogens with zero attached hydrogens (tertiary/aromatic N) is 1. The van der Waals surface area contributed by atoms with Gasteiger partial charge in [-0.05, 0) is 47.7 Å². The number of cyclic esters (lactones) is 1. The number of fused-ring (bicyclic) bond motifs is 1. The van der Waals surface area contributed by atoms with Crippen molar-refractivity contribution < 1.29 is 18.8 Å². The fraction of sp³-hybridized carbons (Fsp3) is 0.757. The molecule has 0 amide bonds. The molecule has 3 aliphatic rings. The first-order valence-electron chi connectivity index (χ1n) is 17.8. The van der Waals surface area contributed by atoms with Crippen LogP contribution in [0.25, 0.3) is 0 Å². The molecular formula is C37H60N2O4Si. The van der Waals surface area contributed by atoms with Crippen LogP contribution in [-0.4, -0.2) is 50.8 Å². The maximum atomic E-state index is 13.0. The maximum absolute atomic E-state index is 13.0. The fourth-order valence-electron chi connectivity index (χ4n) is 8.14. The van der Waals surface area contributed by atoms with E-state index in [1.165, 1.54) is 83.1 Å². The molecule has 4 rings (SSSR count). The van der Waals surface area contributed by atoms with Crippen LogP contribution < -0.4 is 5.73 Å². The van der Waals surface area contributed by atoms with Crippen LogP contribution in [0.15, 0.2) is 24.3 Å². The number of rotatable bonds is 11. The van der Waals surface area contributed by atoms with Crippen molar-refractivity contribution in [1.82, 2.24) is 5.06 Å². The highest BCUT2D eigenvalue weighted by molar-refractivity contribution is 6.76. The maximum Gasteiger partial charge on any atom is 0.326 e. The molecular weight excluding hydrogens is 565 g/mol. The van der Waals surface area contributed by atoms with E-state index in [0.29, 0.717) is 30.8 Å². The summed E-state index contributed by atoms with van der Waals surface area (Å²) in [6.07, 6.45) is 16.3. The van der Waals surface area contributed by atoms with Gasteiger partial charge in [0, 0.05) is 5.56 Å². The first kappa shape index (κ1) is 35.2. The van der Waals surface area contributed by atoms with Crippen LogP contribution in [0.3, 0.4) is 0 Å². The number of hydrogen-bond acceptors (Lipinski definition) is 6. The first-order chi connectivity index (χ1) is 21.2. The molecule has 0 bridgehead atoms. The summed E-state index contributed by atoms with van der Waals surface area (Å²) in [7, 11) is -2.10. The monoisotopic (exact) mass is 624 g/mol. The Morgan fingerprint density at radius 3 is 2.32 bits per heavy atom. The van der Waals surface area contributed by atoms with Gasteiger partial charge in [0.05, 0.1) is 25.6 Å². The standard InChI is InChI=1S/C37H60N2O4Si/c1-28(2)44(29(3)4,24-16-22-31-17-12-10-8-6-7-9-11-13-18-31)41-27-34-35-30(5)42-37(40)36(35)39(43-34)26-33-20-14-19-32(25-33)21-15-23-38/h14,19-20,25,28-31,34-36H,6-13,16-18,22-24,26-27,38H2,1-5H3/t30-,34-,35+,36-/m1/s1. The average Bonchev–Trinajstić information content (AvgIpc) is 3.48. The molecule has 1 aromatic rings. The minimum Gasteiger partial charge on any atom is -0.461 e. The van der Waals surface area contributed by atoms with E-state index >= 15 is 0 Å². The van der Waals surface area contributed by atoms with Gasteiger partial charge in [-0.3, -0.25) is 9.63 Å². The molecule has 2 heterocycles. The van der Waals surface area contributed by atoms with E-state index in [9.17, 15) is 4.79 Å². The zero-order valence-corrected chi connectivity index (χ0v) is 29.3. The second kappa shape index (κ2) is 17.3. The van der Waals surface area contributed by atoms with Crippen LogP contribution in [-0.2, 0) is 25.3 Å². The first-order valence-corrected chi connectivity index (χ1v) is 20.1. The van der Waals surface area contributed by atoms with Gasteiger partial charge in [-0.2, -0.15) is 5.06 Å². The van der Waals surface area contributed by atoms with Crippen LogP contribution in [0, 0.1) is 23.7 Å². The van der Waals surface area contributed by atoms with Crippen LogP contribution in [0.2, 0.25) is 17.1 Å². The summed E-state index contributed by atoms with van der Waals surface area (Å²) < 4.78 is 12.9. The molecule has 0 spiro atoms. The zero-order valence-electron chi connectivity index (χ0n) is 28.3. The Bertz CT molecular complexity index is 1080. The van der Waals surface area contributed by atoms with Gasteiger partial charge in [-0.25, -0.2) is 0 Å². The van der Waals surface area contributed by atoms with Gasteiger partial charge < -0.3 is 14.9 Å². The van der Waals surface area contributed by atoms with Crippen molar-refractivity contribution in [2.24, 2.45) is 17.6 Å². The van der Waals surface area contributed by atoms with Crippen LogP contribution in [0.1, 0.15) is 123 Å². The van der Waals surface area contributed by atoms with Gasteiger partial charge in [0.25, 0.3) is 0 Å². The van der Waals surface area contributed by atoms with Gasteiger partial charge in [0.15, 0.2) is 8.32 Å².